The maximum absolute atomic E-state index is 11.0. The molecule has 0 aliphatic rings. The van der Waals surface area contributed by atoms with Crippen LogP contribution in [0.15, 0.2) is 0 Å². The molecule has 1 unspecified atom stereocenters. The number of carbonyl (C=O) groups is 1. The van der Waals surface area contributed by atoms with Crippen LogP contribution in [0, 0.1) is 0 Å². The molecule has 0 aromatic rings. The molecule has 0 rings (SSSR count). The Balaban J connectivity index is 0. The van der Waals surface area contributed by atoms with Gasteiger partial charge < -0.3 is 39.3 Å². The van der Waals surface area contributed by atoms with Crippen molar-refractivity contribution in [2.45, 2.75) is 25.5 Å². The van der Waals surface area contributed by atoms with Gasteiger partial charge in [0.15, 0.2) is 6.04 Å². The minimum atomic E-state index is -1.08. The second kappa shape index (κ2) is 4.56. The number of amides is 1. The van der Waals surface area contributed by atoms with E-state index in [-0.39, 0.29) is 24.0 Å². The Morgan fingerprint density at radius 3 is 1.69 bits per heavy atom. The van der Waals surface area contributed by atoms with Gasteiger partial charge in [0, 0.05) is 0 Å². The fraction of sp³-hybridized carbons (Fsp3) is 0.875. The van der Waals surface area contributed by atoms with Crippen molar-refractivity contribution in [2.24, 2.45) is 5.73 Å². The number of nitrogens with zero attached hydrogens (tertiary/aromatic N) is 1. The molecule has 0 radical (unpaired) electrons. The lowest BCUT2D eigenvalue weighted by Gasteiger charge is -2.38. The molecular formula is C8H19IN2O2. The molecule has 0 aromatic heterocycles. The molecule has 0 spiro atoms. The first kappa shape index (κ1) is 15.6. The fourth-order valence-corrected chi connectivity index (χ4v) is 1.68. The number of hydrogen-bond donors (Lipinski definition) is 2. The van der Waals surface area contributed by atoms with Crippen LogP contribution in [-0.2, 0) is 4.79 Å². The lowest BCUT2D eigenvalue weighted by molar-refractivity contribution is -0.893. The van der Waals surface area contributed by atoms with Gasteiger partial charge in [-0.25, -0.2) is 0 Å². The molecular weight excluding hydrogens is 283 g/mol. The monoisotopic (exact) mass is 302 g/mol. The van der Waals surface area contributed by atoms with Gasteiger partial charge in [-0.15, -0.1) is 0 Å². The van der Waals surface area contributed by atoms with Gasteiger partial charge >= 0.3 is 0 Å². The Morgan fingerprint density at radius 2 is 1.69 bits per heavy atom. The first-order valence-corrected chi connectivity index (χ1v) is 3.89. The van der Waals surface area contributed by atoms with E-state index in [1.54, 1.807) is 13.8 Å². The summed E-state index contributed by atoms with van der Waals surface area (Å²) in [5, 5.41) is 9.67. The highest BCUT2D eigenvalue weighted by Gasteiger charge is 2.42. The predicted octanol–water partition coefficient (Wildman–Crippen LogP) is -3.68. The fourth-order valence-electron chi connectivity index (χ4n) is 1.68. The van der Waals surface area contributed by atoms with Crippen LogP contribution in [0.2, 0.25) is 0 Å². The number of primary amides is 1. The highest BCUT2D eigenvalue weighted by molar-refractivity contribution is 5.80. The van der Waals surface area contributed by atoms with Crippen LogP contribution >= 0.6 is 0 Å². The zero-order valence-corrected chi connectivity index (χ0v) is 11.0. The zero-order valence-electron chi connectivity index (χ0n) is 8.84. The maximum Gasteiger partial charge on any atom is 0.278 e. The van der Waals surface area contributed by atoms with E-state index >= 15 is 0 Å². The van der Waals surface area contributed by atoms with Gasteiger partial charge in [-0.1, -0.05) is 0 Å². The summed E-state index contributed by atoms with van der Waals surface area (Å²) in [6.07, 6.45) is 0. The molecule has 0 aromatic carbocycles. The number of hydrogen-bond acceptors (Lipinski definition) is 2. The van der Waals surface area contributed by atoms with Gasteiger partial charge in [-0.05, 0) is 13.8 Å². The van der Waals surface area contributed by atoms with Gasteiger partial charge in [0.2, 0.25) is 0 Å². The Kier molecular flexibility index (Phi) is 5.47. The van der Waals surface area contributed by atoms with E-state index in [1.165, 1.54) is 0 Å². The lowest BCUT2D eigenvalue weighted by Crippen LogP contribution is -3.00. The molecule has 0 aliphatic heterocycles. The Morgan fingerprint density at radius 1 is 1.38 bits per heavy atom. The molecule has 3 N–H and O–H groups in total. The van der Waals surface area contributed by atoms with Crippen LogP contribution in [0.4, 0.5) is 0 Å². The van der Waals surface area contributed by atoms with Crippen molar-refractivity contribution in [1.29, 1.82) is 0 Å². The predicted molar refractivity (Wildman–Crippen MR) is 47.3 cm³/mol. The number of carbonyl (C=O) groups excluding carboxylic acids is 1. The second-order valence-corrected chi connectivity index (χ2v) is 4.57. The number of halogens is 1. The quantitative estimate of drug-likeness (QED) is 0.417. The molecule has 0 bridgehead atoms. The number of rotatable bonds is 3. The average molecular weight is 302 g/mol. The Labute approximate surface area is 96.7 Å². The molecule has 0 heterocycles. The number of likely N-dealkylation sites (N-methyl/N-ethyl adjacent to an activating group) is 1. The largest absolute Gasteiger partial charge is 1.00 e. The highest BCUT2D eigenvalue weighted by atomic mass is 127. The Bertz CT molecular complexity index is 168. The standard InChI is InChI=1S/C8H18N2O2.HI/c1-8(2,12)6(7(9)11)10(3,4)5;/h6,12H,1-5H3,(H-,9,11);1H. The normalized spacial score (nSPS) is 14.6. The van der Waals surface area contributed by atoms with Crippen LogP contribution in [0.5, 0.6) is 0 Å². The van der Waals surface area contributed by atoms with Crippen molar-refractivity contribution < 1.29 is 38.4 Å². The third-order valence-electron chi connectivity index (χ3n) is 1.71. The van der Waals surface area contributed by atoms with Crippen molar-refractivity contribution in [1.82, 2.24) is 0 Å². The molecule has 0 saturated heterocycles. The third kappa shape index (κ3) is 4.78. The summed E-state index contributed by atoms with van der Waals surface area (Å²) in [5.74, 6) is -0.477. The third-order valence-corrected chi connectivity index (χ3v) is 1.71. The molecule has 80 valence electrons. The highest BCUT2D eigenvalue weighted by Crippen LogP contribution is 2.17. The topological polar surface area (TPSA) is 63.3 Å². The number of quaternary nitrogens is 1. The summed E-state index contributed by atoms with van der Waals surface area (Å²) in [6.45, 7) is 3.18. The summed E-state index contributed by atoms with van der Waals surface area (Å²) >= 11 is 0. The average Bonchev–Trinajstić information content (AvgIpc) is 1.49. The van der Waals surface area contributed by atoms with Crippen LogP contribution in [0.3, 0.4) is 0 Å². The van der Waals surface area contributed by atoms with Crippen molar-refractivity contribution in [3.8, 4) is 0 Å². The second-order valence-electron chi connectivity index (χ2n) is 4.57. The SMILES string of the molecule is CC(C)(O)C(C(N)=O)[N+](C)(C)C.[I-]. The Hall–Kier alpha value is 0.120. The van der Waals surface area contributed by atoms with E-state index in [2.05, 4.69) is 0 Å². The van der Waals surface area contributed by atoms with E-state index in [0.29, 0.717) is 4.48 Å². The summed E-state index contributed by atoms with van der Waals surface area (Å²) in [4.78, 5) is 11.0. The summed E-state index contributed by atoms with van der Waals surface area (Å²) in [6, 6.07) is -0.586. The van der Waals surface area contributed by atoms with Crippen LogP contribution in [0.25, 0.3) is 0 Å². The molecule has 1 atom stereocenters. The van der Waals surface area contributed by atoms with Crippen molar-refractivity contribution >= 4 is 5.91 Å². The van der Waals surface area contributed by atoms with Crippen molar-refractivity contribution in [3.63, 3.8) is 0 Å². The van der Waals surface area contributed by atoms with Gasteiger partial charge in [0.05, 0.1) is 21.1 Å². The van der Waals surface area contributed by atoms with E-state index in [4.69, 9.17) is 5.73 Å². The van der Waals surface area contributed by atoms with Gasteiger partial charge in [0.1, 0.15) is 5.60 Å². The van der Waals surface area contributed by atoms with Crippen molar-refractivity contribution in [3.05, 3.63) is 0 Å². The van der Waals surface area contributed by atoms with Crippen LogP contribution in [0.1, 0.15) is 13.8 Å². The van der Waals surface area contributed by atoms with E-state index in [0.717, 1.165) is 0 Å². The smallest absolute Gasteiger partial charge is 0.278 e. The molecule has 0 saturated carbocycles. The van der Waals surface area contributed by atoms with Crippen molar-refractivity contribution in [2.75, 3.05) is 21.1 Å². The molecule has 0 fully saturated rings. The molecule has 4 nitrogen and oxygen atoms in total. The summed E-state index contributed by atoms with van der Waals surface area (Å²) < 4.78 is 0.332. The first-order chi connectivity index (χ1) is 5.07. The first-order valence-electron chi connectivity index (χ1n) is 3.89. The van der Waals surface area contributed by atoms with Crippen LogP contribution < -0.4 is 29.7 Å². The molecule has 0 aliphatic carbocycles. The summed E-state index contributed by atoms with van der Waals surface area (Å²) in [5.41, 5.74) is 4.12. The lowest BCUT2D eigenvalue weighted by atomic mass is 9.96. The van der Waals surface area contributed by atoms with E-state index < -0.39 is 17.6 Å². The number of nitrogens with two attached hydrogens (primary N) is 1. The number of aliphatic hydroxyl groups is 1. The minimum Gasteiger partial charge on any atom is -1.00 e. The van der Waals surface area contributed by atoms with Gasteiger partial charge in [0.25, 0.3) is 5.91 Å². The van der Waals surface area contributed by atoms with Gasteiger partial charge in [-0.3, -0.25) is 4.79 Å². The van der Waals surface area contributed by atoms with Crippen LogP contribution in [-0.4, -0.2) is 48.3 Å². The summed E-state index contributed by atoms with van der Waals surface area (Å²) in [7, 11) is 5.48. The minimum absolute atomic E-state index is 0. The molecule has 5 heteroatoms. The molecule has 13 heavy (non-hydrogen) atoms. The van der Waals surface area contributed by atoms with E-state index in [1.807, 2.05) is 21.1 Å². The molecule has 1 amide bonds. The zero-order chi connectivity index (χ0) is 10.2. The maximum atomic E-state index is 11.0. The van der Waals surface area contributed by atoms with Gasteiger partial charge in [-0.2, -0.15) is 0 Å². The van der Waals surface area contributed by atoms with E-state index in [9.17, 15) is 9.90 Å².